The number of carbonyl (C=O) groups is 4. The molecule has 0 radical (unpaired) electrons. The number of primary amides is 1. The van der Waals surface area contributed by atoms with Crippen LogP contribution in [0.15, 0.2) is 18.2 Å². The molecule has 3 aliphatic heterocycles. The Bertz CT molecular complexity index is 920. The molecule has 1 spiro atoms. The van der Waals surface area contributed by atoms with Gasteiger partial charge >= 0.3 is 0 Å². The first-order valence-corrected chi connectivity index (χ1v) is 10.2. The minimum Gasteiger partial charge on any atom is -0.370 e. The molecular formula is C20H23ClN4O4. The molecule has 2 saturated heterocycles. The van der Waals surface area contributed by atoms with Crippen molar-refractivity contribution in [1.82, 2.24) is 10.2 Å². The maximum Gasteiger partial charge on any atom is 0.250 e. The molecule has 3 aliphatic rings. The lowest BCUT2D eigenvalue weighted by atomic mass is 9.76. The van der Waals surface area contributed by atoms with Gasteiger partial charge in [0.15, 0.2) is 0 Å². The molecule has 2 fully saturated rings. The van der Waals surface area contributed by atoms with E-state index in [9.17, 15) is 19.2 Å². The number of fused-ring (bicyclic) bond motifs is 4. The number of para-hydroxylation sites is 1. The van der Waals surface area contributed by atoms with Gasteiger partial charge in [0.05, 0.1) is 22.5 Å². The van der Waals surface area contributed by atoms with Gasteiger partial charge in [-0.3, -0.25) is 29.4 Å². The Hall–Kier alpha value is -2.45. The monoisotopic (exact) mass is 418 g/mol. The number of hydrogen-bond acceptors (Lipinski definition) is 5. The smallest absolute Gasteiger partial charge is 0.250 e. The molecule has 4 amide bonds. The molecule has 0 unspecified atom stereocenters. The summed E-state index contributed by atoms with van der Waals surface area (Å²) in [5.41, 5.74) is 4.93. The van der Waals surface area contributed by atoms with Crippen LogP contribution in [0.5, 0.6) is 0 Å². The third-order valence-corrected chi connectivity index (χ3v) is 6.54. The number of imide groups is 1. The van der Waals surface area contributed by atoms with Crippen LogP contribution < -0.4 is 16.4 Å². The van der Waals surface area contributed by atoms with Crippen molar-refractivity contribution in [3.63, 3.8) is 0 Å². The van der Waals surface area contributed by atoms with E-state index in [4.69, 9.17) is 17.3 Å². The maximum atomic E-state index is 13.3. The number of nitrogens with two attached hydrogens (primary N) is 1. The normalized spacial score (nSPS) is 30.1. The average Bonchev–Trinajstić information content (AvgIpc) is 3.25. The molecule has 1 aromatic carbocycles. The number of nitrogens with one attached hydrogen (secondary N) is 2. The van der Waals surface area contributed by atoms with Gasteiger partial charge < -0.3 is 11.1 Å². The summed E-state index contributed by atoms with van der Waals surface area (Å²) in [4.78, 5) is 52.4. The van der Waals surface area contributed by atoms with Crippen LogP contribution in [-0.2, 0) is 24.7 Å². The first-order chi connectivity index (χ1) is 13.8. The predicted molar refractivity (Wildman–Crippen MR) is 106 cm³/mol. The standard InChI is InChI=1S/C20H23ClN4O4/c1-2-3-9-25-17(27)14-12(7-8-13(22)26)24-20(15(14)18(25)28)10-5-4-6-11(21)16(10)23-19(20)29/h4-6,12,14-15,24H,2-3,7-9H2,1H3,(H2,22,26)(H,23,29)/t12-,14-,15+,20+/m1/s1. The number of rotatable bonds is 6. The highest BCUT2D eigenvalue weighted by Crippen LogP contribution is 2.54. The van der Waals surface area contributed by atoms with Crippen LogP contribution in [0, 0.1) is 11.8 Å². The highest BCUT2D eigenvalue weighted by atomic mass is 35.5. The van der Waals surface area contributed by atoms with Crippen LogP contribution in [0.1, 0.15) is 38.2 Å². The maximum absolute atomic E-state index is 13.3. The van der Waals surface area contributed by atoms with Gasteiger partial charge in [-0.15, -0.1) is 0 Å². The second kappa shape index (κ2) is 7.11. The van der Waals surface area contributed by atoms with Crippen molar-refractivity contribution >= 4 is 40.9 Å². The lowest BCUT2D eigenvalue weighted by molar-refractivity contribution is -0.143. The number of unbranched alkanes of at least 4 members (excludes halogenated alkanes) is 1. The molecule has 3 heterocycles. The highest BCUT2D eigenvalue weighted by molar-refractivity contribution is 6.35. The quantitative estimate of drug-likeness (QED) is 0.598. The number of nitrogens with zero attached hydrogens (tertiary/aromatic N) is 1. The third kappa shape index (κ3) is 2.77. The molecule has 4 rings (SSSR count). The van der Waals surface area contributed by atoms with Gasteiger partial charge in [-0.1, -0.05) is 37.1 Å². The number of hydrogen-bond donors (Lipinski definition) is 3. The van der Waals surface area contributed by atoms with E-state index >= 15 is 0 Å². The fourth-order valence-corrected chi connectivity index (χ4v) is 5.16. The molecule has 4 atom stereocenters. The van der Waals surface area contributed by atoms with E-state index in [2.05, 4.69) is 10.6 Å². The minimum absolute atomic E-state index is 0.0530. The van der Waals surface area contributed by atoms with Gasteiger partial charge in [-0.05, 0) is 18.9 Å². The van der Waals surface area contributed by atoms with E-state index in [0.717, 1.165) is 6.42 Å². The second-order valence-corrected chi connectivity index (χ2v) is 8.27. The Balaban J connectivity index is 1.81. The Kier molecular flexibility index (Phi) is 4.86. The molecule has 0 bridgehead atoms. The third-order valence-electron chi connectivity index (χ3n) is 6.23. The van der Waals surface area contributed by atoms with Gasteiger partial charge in [0, 0.05) is 24.6 Å². The molecule has 9 heteroatoms. The molecule has 4 N–H and O–H groups in total. The average molecular weight is 419 g/mol. The zero-order valence-corrected chi connectivity index (χ0v) is 16.8. The van der Waals surface area contributed by atoms with E-state index < -0.39 is 35.2 Å². The van der Waals surface area contributed by atoms with Crippen LogP contribution >= 0.6 is 11.6 Å². The van der Waals surface area contributed by atoms with Crippen molar-refractivity contribution in [2.75, 3.05) is 11.9 Å². The van der Waals surface area contributed by atoms with Crippen molar-refractivity contribution in [3.05, 3.63) is 28.8 Å². The first-order valence-electron chi connectivity index (χ1n) is 9.84. The molecule has 8 nitrogen and oxygen atoms in total. The van der Waals surface area contributed by atoms with Crippen LogP contribution in [0.4, 0.5) is 5.69 Å². The Morgan fingerprint density at radius 3 is 2.72 bits per heavy atom. The fourth-order valence-electron chi connectivity index (χ4n) is 4.94. The van der Waals surface area contributed by atoms with Crippen molar-refractivity contribution in [2.24, 2.45) is 17.6 Å². The summed E-state index contributed by atoms with van der Waals surface area (Å²) < 4.78 is 0. The summed E-state index contributed by atoms with van der Waals surface area (Å²) in [5.74, 6) is -3.17. The molecule has 1 aromatic rings. The fraction of sp³-hybridized carbons (Fsp3) is 0.500. The van der Waals surface area contributed by atoms with E-state index in [1.165, 1.54) is 4.90 Å². The number of amides is 4. The molecule has 29 heavy (non-hydrogen) atoms. The molecular weight excluding hydrogens is 396 g/mol. The van der Waals surface area contributed by atoms with Crippen molar-refractivity contribution < 1.29 is 19.2 Å². The number of carbonyl (C=O) groups excluding carboxylic acids is 4. The first kappa shape index (κ1) is 19.8. The summed E-state index contributed by atoms with van der Waals surface area (Å²) in [6.07, 6.45) is 1.84. The Morgan fingerprint density at radius 2 is 2.03 bits per heavy atom. The van der Waals surface area contributed by atoms with Gasteiger partial charge in [0.1, 0.15) is 5.54 Å². The van der Waals surface area contributed by atoms with Crippen LogP contribution in [-0.4, -0.2) is 41.1 Å². The Labute approximate surface area is 173 Å². The topological polar surface area (TPSA) is 122 Å². The van der Waals surface area contributed by atoms with Gasteiger partial charge in [-0.25, -0.2) is 0 Å². The summed E-state index contributed by atoms with van der Waals surface area (Å²) in [6.45, 7) is 2.30. The largest absolute Gasteiger partial charge is 0.370 e. The lowest BCUT2D eigenvalue weighted by Gasteiger charge is -2.29. The highest BCUT2D eigenvalue weighted by Gasteiger charge is 2.70. The predicted octanol–water partition coefficient (Wildman–Crippen LogP) is 1.13. The SMILES string of the molecule is CCCCN1C(=O)[C@H]2[C@@H](C1=O)[C@]1(N[C@@H]2CCC(N)=O)C(=O)Nc2c(Cl)cccc21. The minimum atomic E-state index is -1.39. The molecule has 0 aromatic heterocycles. The van der Waals surface area contributed by atoms with Gasteiger partial charge in [0.25, 0.3) is 0 Å². The van der Waals surface area contributed by atoms with Crippen molar-refractivity contribution in [2.45, 2.75) is 44.2 Å². The number of anilines is 1. The van der Waals surface area contributed by atoms with Crippen LogP contribution in [0.2, 0.25) is 5.02 Å². The van der Waals surface area contributed by atoms with E-state index in [0.29, 0.717) is 29.2 Å². The number of likely N-dealkylation sites (tertiary alicyclic amines) is 1. The summed E-state index contributed by atoms with van der Waals surface area (Å²) in [6, 6.07) is 4.59. The van der Waals surface area contributed by atoms with Crippen molar-refractivity contribution in [1.29, 1.82) is 0 Å². The number of benzene rings is 1. The van der Waals surface area contributed by atoms with Crippen molar-refractivity contribution in [3.8, 4) is 0 Å². The lowest BCUT2D eigenvalue weighted by Crippen LogP contribution is -2.53. The molecule has 0 aliphatic carbocycles. The summed E-state index contributed by atoms with van der Waals surface area (Å²) in [7, 11) is 0. The van der Waals surface area contributed by atoms with E-state index in [1.54, 1.807) is 18.2 Å². The zero-order chi connectivity index (χ0) is 20.9. The van der Waals surface area contributed by atoms with E-state index in [1.807, 2.05) is 6.92 Å². The summed E-state index contributed by atoms with van der Waals surface area (Å²) >= 11 is 6.27. The molecule has 154 valence electrons. The van der Waals surface area contributed by atoms with Gasteiger partial charge in [0.2, 0.25) is 23.6 Å². The number of halogens is 1. The molecule has 0 saturated carbocycles. The van der Waals surface area contributed by atoms with Gasteiger partial charge in [-0.2, -0.15) is 0 Å². The van der Waals surface area contributed by atoms with E-state index in [-0.39, 0.29) is 24.7 Å². The van der Waals surface area contributed by atoms with Crippen LogP contribution in [0.3, 0.4) is 0 Å². The second-order valence-electron chi connectivity index (χ2n) is 7.87. The summed E-state index contributed by atoms with van der Waals surface area (Å²) in [5, 5.41) is 6.40. The van der Waals surface area contributed by atoms with Crippen LogP contribution in [0.25, 0.3) is 0 Å². The zero-order valence-electron chi connectivity index (χ0n) is 16.0. The Morgan fingerprint density at radius 1 is 1.28 bits per heavy atom.